The summed E-state index contributed by atoms with van der Waals surface area (Å²) < 4.78 is 1.05. The number of amides is 1. The number of hydrogen-bond acceptors (Lipinski definition) is 4. The van der Waals surface area contributed by atoms with Gasteiger partial charge in [0.05, 0.1) is 0 Å². The van der Waals surface area contributed by atoms with Crippen molar-refractivity contribution in [2.75, 3.05) is 18.4 Å². The Morgan fingerprint density at radius 3 is 2.54 bits per heavy atom. The molecular weight excluding hydrogens is 368 g/mol. The lowest BCUT2D eigenvalue weighted by Crippen LogP contribution is -2.33. The Bertz CT molecular complexity index is 699. The van der Waals surface area contributed by atoms with Gasteiger partial charge in [0.15, 0.2) is 0 Å². The van der Waals surface area contributed by atoms with E-state index in [1.165, 1.54) is 0 Å². The average molecular weight is 391 g/mol. The average Bonchev–Trinajstić information content (AvgIpc) is 2.58. The van der Waals surface area contributed by atoms with Gasteiger partial charge in [-0.15, -0.1) is 0 Å². The maximum Gasteiger partial charge on any atom is 0.272 e. The number of aryl methyl sites for hydroxylation is 1. The number of anilines is 2. The summed E-state index contributed by atoms with van der Waals surface area (Å²) in [5.41, 5.74) is 2.42. The zero-order valence-electron chi connectivity index (χ0n) is 14.3. The molecule has 1 aromatic carbocycles. The first-order valence-electron chi connectivity index (χ1n) is 8.20. The minimum absolute atomic E-state index is 0.0452. The third kappa shape index (κ3) is 4.77. The van der Waals surface area contributed by atoms with Crippen molar-refractivity contribution in [1.29, 1.82) is 0 Å². The summed E-state index contributed by atoms with van der Waals surface area (Å²) in [6.45, 7) is 7.64. The van der Waals surface area contributed by atoms with Crippen LogP contribution in [0.1, 0.15) is 42.7 Å². The van der Waals surface area contributed by atoms with E-state index in [-0.39, 0.29) is 5.91 Å². The number of nitrogens with zero attached hydrogens (tertiary/aromatic N) is 3. The van der Waals surface area contributed by atoms with Crippen LogP contribution >= 0.6 is 15.9 Å². The van der Waals surface area contributed by atoms with E-state index in [4.69, 9.17) is 0 Å². The summed E-state index contributed by atoms with van der Waals surface area (Å²) in [5.74, 6) is 0.381. The van der Waals surface area contributed by atoms with Crippen LogP contribution in [0.15, 0.2) is 34.9 Å². The van der Waals surface area contributed by atoms with Crippen molar-refractivity contribution < 1.29 is 4.79 Å². The highest BCUT2D eigenvalue weighted by Crippen LogP contribution is 2.21. The van der Waals surface area contributed by atoms with E-state index in [1.54, 1.807) is 12.3 Å². The molecule has 0 aliphatic carbocycles. The van der Waals surface area contributed by atoms with Gasteiger partial charge in [0.25, 0.3) is 5.91 Å². The van der Waals surface area contributed by atoms with Gasteiger partial charge in [-0.05, 0) is 49.6 Å². The fourth-order valence-corrected chi connectivity index (χ4v) is 2.65. The first kappa shape index (κ1) is 18.4. The summed E-state index contributed by atoms with van der Waals surface area (Å²) in [6.07, 6.45) is 3.48. The van der Waals surface area contributed by atoms with Gasteiger partial charge in [-0.25, -0.2) is 9.97 Å². The summed E-state index contributed by atoms with van der Waals surface area (Å²) in [7, 11) is 0. The number of aromatic nitrogens is 2. The van der Waals surface area contributed by atoms with Gasteiger partial charge in [-0.3, -0.25) is 4.79 Å². The molecule has 128 valence electrons. The zero-order valence-corrected chi connectivity index (χ0v) is 15.9. The molecule has 24 heavy (non-hydrogen) atoms. The van der Waals surface area contributed by atoms with Crippen LogP contribution in [0.3, 0.4) is 0 Å². The third-order valence-corrected chi connectivity index (χ3v) is 4.45. The minimum atomic E-state index is -0.0452. The molecule has 1 N–H and O–H groups in total. The molecule has 0 radical (unpaired) electrons. The van der Waals surface area contributed by atoms with E-state index in [2.05, 4.69) is 45.1 Å². The van der Waals surface area contributed by atoms with Crippen LogP contribution in [-0.4, -0.2) is 33.9 Å². The standard InChI is InChI=1S/C18H23BrN4O/c1-4-10-23(11-5-2)17(24)16-8-9-20-18(22-16)21-14-6-7-15(19)13(3)12-14/h6-9,12H,4-5,10-11H2,1-3H3,(H,20,21,22). The number of benzene rings is 1. The van der Waals surface area contributed by atoms with Gasteiger partial charge in [-0.1, -0.05) is 29.8 Å². The Kier molecular flexibility index (Phi) is 6.73. The van der Waals surface area contributed by atoms with Crippen molar-refractivity contribution in [1.82, 2.24) is 14.9 Å². The van der Waals surface area contributed by atoms with E-state index in [1.807, 2.05) is 30.0 Å². The molecule has 0 spiro atoms. The van der Waals surface area contributed by atoms with Crippen LogP contribution in [0.4, 0.5) is 11.6 Å². The maximum absolute atomic E-state index is 12.6. The van der Waals surface area contributed by atoms with Gasteiger partial charge in [0, 0.05) is 29.4 Å². The summed E-state index contributed by atoms with van der Waals surface area (Å²) in [5, 5.41) is 3.16. The second-order valence-electron chi connectivity index (χ2n) is 5.65. The molecule has 0 aliphatic heterocycles. The molecule has 0 bridgehead atoms. The largest absolute Gasteiger partial charge is 0.337 e. The normalized spacial score (nSPS) is 10.5. The zero-order chi connectivity index (χ0) is 17.5. The first-order chi connectivity index (χ1) is 11.5. The molecule has 0 unspecified atom stereocenters. The summed E-state index contributed by atoms with van der Waals surface area (Å²) in [6, 6.07) is 7.58. The predicted molar refractivity (Wildman–Crippen MR) is 101 cm³/mol. The second kappa shape index (κ2) is 8.78. The van der Waals surface area contributed by atoms with Crippen molar-refractivity contribution >= 4 is 33.5 Å². The number of rotatable bonds is 7. The van der Waals surface area contributed by atoms with Crippen molar-refractivity contribution in [3.8, 4) is 0 Å². The fourth-order valence-electron chi connectivity index (χ4n) is 2.41. The van der Waals surface area contributed by atoms with E-state index in [0.29, 0.717) is 11.6 Å². The molecular formula is C18H23BrN4O. The topological polar surface area (TPSA) is 58.1 Å². The molecule has 0 fully saturated rings. The highest BCUT2D eigenvalue weighted by atomic mass is 79.9. The van der Waals surface area contributed by atoms with Crippen molar-refractivity contribution in [2.24, 2.45) is 0 Å². The number of carbonyl (C=O) groups excluding carboxylic acids is 1. The lowest BCUT2D eigenvalue weighted by molar-refractivity contribution is 0.0749. The predicted octanol–water partition coefficient (Wildman–Crippen LogP) is 4.55. The maximum atomic E-state index is 12.6. The molecule has 1 aromatic heterocycles. The van der Waals surface area contributed by atoms with Crippen molar-refractivity contribution in [2.45, 2.75) is 33.6 Å². The molecule has 0 saturated heterocycles. The van der Waals surface area contributed by atoms with Crippen molar-refractivity contribution in [3.05, 3.63) is 46.2 Å². The molecule has 0 atom stereocenters. The molecule has 2 aromatic rings. The Balaban J connectivity index is 2.18. The Morgan fingerprint density at radius 2 is 1.92 bits per heavy atom. The SMILES string of the molecule is CCCN(CCC)C(=O)c1ccnc(Nc2ccc(Br)c(C)c2)n1. The molecule has 2 rings (SSSR count). The number of halogens is 1. The lowest BCUT2D eigenvalue weighted by atomic mass is 10.2. The highest BCUT2D eigenvalue weighted by Gasteiger charge is 2.16. The van der Waals surface area contributed by atoms with E-state index in [0.717, 1.165) is 41.7 Å². The molecule has 0 aliphatic rings. The third-order valence-electron chi connectivity index (χ3n) is 3.56. The van der Waals surface area contributed by atoms with Gasteiger partial charge in [0.2, 0.25) is 5.95 Å². The van der Waals surface area contributed by atoms with Crippen LogP contribution in [0.5, 0.6) is 0 Å². The Hall–Kier alpha value is -1.95. The van der Waals surface area contributed by atoms with Crippen LogP contribution < -0.4 is 5.32 Å². The number of hydrogen-bond donors (Lipinski definition) is 1. The van der Waals surface area contributed by atoms with Gasteiger partial charge < -0.3 is 10.2 Å². The van der Waals surface area contributed by atoms with Crippen LogP contribution in [0.25, 0.3) is 0 Å². The fraction of sp³-hybridized carbons (Fsp3) is 0.389. The molecule has 1 heterocycles. The Labute approximate surface area is 151 Å². The number of nitrogens with one attached hydrogen (secondary N) is 1. The van der Waals surface area contributed by atoms with Crippen molar-refractivity contribution in [3.63, 3.8) is 0 Å². The van der Waals surface area contributed by atoms with Gasteiger partial charge in [-0.2, -0.15) is 0 Å². The minimum Gasteiger partial charge on any atom is -0.337 e. The quantitative estimate of drug-likeness (QED) is 0.752. The van der Waals surface area contributed by atoms with Crippen LogP contribution in [0.2, 0.25) is 0 Å². The monoisotopic (exact) mass is 390 g/mol. The Morgan fingerprint density at radius 1 is 1.21 bits per heavy atom. The van der Waals surface area contributed by atoms with Gasteiger partial charge >= 0.3 is 0 Å². The van der Waals surface area contributed by atoms with Gasteiger partial charge in [0.1, 0.15) is 5.69 Å². The lowest BCUT2D eigenvalue weighted by Gasteiger charge is -2.21. The van der Waals surface area contributed by atoms with E-state index in [9.17, 15) is 4.79 Å². The molecule has 5 nitrogen and oxygen atoms in total. The highest BCUT2D eigenvalue weighted by molar-refractivity contribution is 9.10. The summed E-state index contributed by atoms with van der Waals surface area (Å²) in [4.78, 5) is 23.1. The molecule has 6 heteroatoms. The van der Waals surface area contributed by atoms with E-state index >= 15 is 0 Å². The molecule has 0 saturated carbocycles. The number of carbonyl (C=O) groups is 1. The van der Waals surface area contributed by atoms with Crippen LogP contribution in [0, 0.1) is 6.92 Å². The second-order valence-corrected chi connectivity index (χ2v) is 6.50. The van der Waals surface area contributed by atoms with E-state index < -0.39 is 0 Å². The molecule has 1 amide bonds. The summed E-state index contributed by atoms with van der Waals surface area (Å²) >= 11 is 3.48. The van der Waals surface area contributed by atoms with Crippen LogP contribution in [-0.2, 0) is 0 Å². The first-order valence-corrected chi connectivity index (χ1v) is 9.00. The smallest absolute Gasteiger partial charge is 0.272 e.